The third-order valence-corrected chi connectivity index (χ3v) is 6.90. The number of nitrogens with zero attached hydrogens (tertiary/aromatic N) is 1. The number of piperidine rings is 1. The highest BCUT2D eigenvalue weighted by molar-refractivity contribution is 5.81. The molecule has 0 bridgehead atoms. The molecule has 0 aliphatic carbocycles. The smallest absolute Gasteiger partial charge is 0.137 e. The second-order valence-electron chi connectivity index (χ2n) is 9.20. The summed E-state index contributed by atoms with van der Waals surface area (Å²) < 4.78 is 19.7. The third kappa shape index (κ3) is 6.40. The van der Waals surface area contributed by atoms with Crippen molar-refractivity contribution in [1.29, 1.82) is 0 Å². The van der Waals surface area contributed by atoms with Crippen molar-refractivity contribution in [3.8, 4) is 0 Å². The standard InChI is InChI=1S/C30H34FNO2/c1-2-29(33)28-22-32(21-23-13-15-27(31)16-14-23)19-17-24(28)18-20-34-30(25-9-5-3-6-10-25)26-11-7-4-8-12-26/h3-16,24,28,30H,2,17-22H2,1H3/t24-,28+/m0/s1. The summed E-state index contributed by atoms with van der Waals surface area (Å²) in [5.74, 6) is 0.459. The lowest BCUT2D eigenvalue weighted by Gasteiger charge is -2.38. The van der Waals surface area contributed by atoms with Gasteiger partial charge in [0.05, 0.1) is 0 Å². The first-order valence-corrected chi connectivity index (χ1v) is 12.3. The zero-order valence-electron chi connectivity index (χ0n) is 19.9. The first kappa shape index (κ1) is 24.3. The molecule has 3 aromatic rings. The van der Waals surface area contributed by atoms with Crippen LogP contribution in [0.25, 0.3) is 0 Å². The van der Waals surface area contributed by atoms with E-state index < -0.39 is 0 Å². The lowest BCUT2D eigenvalue weighted by atomic mass is 9.80. The Bertz CT molecular complexity index is 983. The van der Waals surface area contributed by atoms with Gasteiger partial charge in [0.1, 0.15) is 17.7 Å². The van der Waals surface area contributed by atoms with Gasteiger partial charge in [0, 0.05) is 32.0 Å². The van der Waals surface area contributed by atoms with Crippen molar-refractivity contribution in [3.05, 3.63) is 107 Å². The molecule has 0 unspecified atom stereocenters. The third-order valence-electron chi connectivity index (χ3n) is 6.90. The van der Waals surface area contributed by atoms with Crippen molar-refractivity contribution < 1.29 is 13.9 Å². The number of hydrogen-bond donors (Lipinski definition) is 0. The van der Waals surface area contributed by atoms with Crippen molar-refractivity contribution in [3.63, 3.8) is 0 Å². The van der Waals surface area contributed by atoms with Gasteiger partial charge in [0.25, 0.3) is 0 Å². The van der Waals surface area contributed by atoms with Crippen molar-refractivity contribution in [2.45, 2.75) is 38.8 Å². The molecule has 0 spiro atoms. The van der Waals surface area contributed by atoms with E-state index in [1.807, 2.05) is 55.5 Å². The van der Waals surface area contributed by atoms with E-state index in [-0.39, 0.29) is 17.8 Å². The molecule has 0 aromatic heterocycles. The quantitative estimate of drug-likeness (QED) is 0.349. The second kappa shape index (κ2) is 12.0. The minimum Gasteiger partial charge on any atom is -0.369 e. The van der Waals surface area contributed by atoms with Gasteiger partial charge in [-0.25, -0.2) is 4.39 Å². The molecular weight excluding hydrogens is 425 g/mol. The first-order valence-electron chi connectivity index (χ1n) is 12.3. The zero-order valence-corrected chi connectivity index (χ0v) is 19.9. The van der Waals surface area contributed by atoms with Crippen LogP contribution in [0, 0.1) is 17.7 Å². The highest BCUT2D eigenvalue weighted by atomic mass is 19.1. The molecule has 0 amide bonds. The number of Topliss-reactive ketones (excluding diaryl/α,β-unsaturated/α-hetero) is 1. The minimum atomic E-state index is -0.217. The summed E-state index contributed by atoms with van der Waals surface area (Å²) in [4.78, 5) is 15.2. The number of ketones is 1. The monoisotopic (exact) mass is 459 g/mol. The van der Waals surface area contributed by atoms with Crippen LogP contribution in [0.5, 0.6) is 0 Å². The topological polar surface area (TPSA) is 29.5 Å². The Morgan fingerprint density at radius 2 is 1.59 bits per heavy atom. The van der Waals surface area contributed by atoms with Gasteiger partial charge in [-0.15, -0.1) is 0 Å². The van der Waals surface area contributed by atoms with Gasteiger partial charge in [-0.3, -0.25) is 9.69 Å². The molecular formula is C30H34FNO2. The molecule has 0 radical (unpaired) electrons. The average molecular weight is 460 g/mol. The van der Waals surface area contributed by atoms with Crippen molar-refractivity contribution >= 4 is 5.78 Å². The zero-order chi connectivity index (χ0) is 23.8. The summed E-state index contributed by atoms with van der Waals surface area (Å²) in [6.45, 7) is 5.02. The molecule has 1 aliphatic rings. The second-order valence-corrected chi connectivity index (χ2v) is 9.20. The van der Waals surface area contributed by atoms with Gasteiger partial charge in [0.2, 0.25) is 0 Å². The molecule has 1 heterocycles. The van der Waals surface area contributed by atoms with Crippen LogP contribution in [0.15, 0.2) is 84.9 Å². The number of carbonyl (C=O) groups is 1. The van der Waals surface area contributed by atoms with Gasteiger partial charge in [-0.05, 0) is 54.1 Å². The molecule has 3 nitrogen and oxygen atoms in total. The fraction of sp³-hybridized carbons (Fsp3) is 0.367. The SMILES string of the molecule is CCC(=O)[C@@H]1CN(Cc2ccc(F)cc2)CC[C@H]1CCOC(c1ccccc1)c1ccccc1. The van der Waals surface area contributed by atoms with E-state index in [9.17, 15) is 9.18 Å². The van der Waals surface area contributed by atoms with Gasteiger partial charge >= 0.3 is 0 Å². The van der Waals surface area contributed by atoms with E-state index >= 15 is 0 Å². The van der Waals surface area contributed by atoms with Crippen molar-refractivity contribution in [1.82, 2.24) is 4.90 Å². The van der Waals surface area contributed by atoms with E-state index in [4.69, 9.17) is 4.74 Å². The maximum atomic E-state index is 13.3. The van der Waals surface area contributed by atoms with E-state index in [1.54, 1.807) is 0 Å². The Morgan fingerprint density at radius 3 is 2.18 bits per heavy atom. The van der Waals surface area contributed by atoms with Crippen molar-refractivity contribution in [2.24, 2.45) is 11.8 Å². The summed E-state index contributed by atoms with van der Waals surface area (Å²) >= 11 is 0. The van der Waals surface area contributed by atoms with Crippen molar-refractivity contribution in [2.75, 3.05) is 19.7 Å². The van der Waals surface area contributed by atoms with Gasteiger partial charge in [0.15, 0.2) is 0 Å². The molecule has 1 fully saturated rings. The van der Waals surface area contributed by atoms with E-state index in [1.165, 1.54) is 12.1 Å². The molecule has 1 aliphatic heterocycles. The fourth-order valence-electron chi connectivity index (χ4n) is 5.01. The number of halogens is 1. The van der Waals surface area contributed by atoms with Crippen LogP contribution in [0.4, 0.5) is 4.39 Å². The summed E-state index contributed by atoms with van der Waals surface area (Å²) in [7, 11) is 0. The lowest BCUT2D eigenvalue weighted by Crippen LogP contribution is -2.43. The fourth-order valence-corrected chi connectivity index (χ4v) is 5.01. The van der Waals surface area contributed by atoms with E-state index in [0.29, 0.717) is 24.7 Å². The van der Waals surface area contributed by atoms with Crippen LogP contribution in [0.1, 0.15) is 49.0 Å². The minimum absolute atomic E-state index is 0.0229. The summed E-state index contributed by atoms with van der Waals surface area (Å²) in [5.41, 5.74) is 3.37. The van der Waals surface area contributed by atoms with E-state index in [2.05, 4.69) is 29.2 Å². The van der Waals surface area contributed by atoms with Crippen LogP contribution in [0.3, 0.4) is 0 Å². The van der Waals surface area contributed by atoms with E-state index in [0.717, 1.165) is 49.2 Å². The highest BCUT2D eigenvalue weighted by Crippen LogP contribution is 2.31. The molecule has 34 heavy (non-hydrogen) atoms. The Balaban J connectivity index is 1.38. The van der Waals surface area contributed by atoms with Crippen LogP contribution in [-0.2, 0) is 16.1 Å². The predicted molar refractivity (Wildman–Crippen MR) is 134 cm³/mol. The highest BCUT2D eigenvalue weighted by Gasteiger charge is 2.33. The van der Waals surface area contributed by atoms with Crippen LogP contribution in [-0.4, -0.2) is 30.4 Å². The summed E-state index contributed by atoms with van der Waals surface area (Å²) in [5, 5.41) is 0. The predicted octanol–water partition coefficient (Wildman–Crippen LogP) is 6.44. The molecule has 178 valence electrons. The van der Waals surface area contributed by atoms with Crippen LogP contribution >= 0.6 is 0 Å². The molecule has 0 saturated carbocycles. The maximum Gasteiger partial charge on any atom is 0.137 e. The van der Waals surface area contributed by atoms with Crippen LogP contribution in [0.2, 0.25) is 0 Å². The molecule has 4 heteroatoms. The number of benzene rings is 3. The molecule has 2 atom stereocenters. The Labute approximate surface area is 202 Å². The number of ether oxygens (including phenoxy) is 1. The lowest BCUT2D eigenvalue weighted by molar-refractivity contribution is -0.127. The molecule has 3 aromatic carbocycles. The normalized spacial score (nSPS) is 18.8. The Morgan fingerprint density at radius 1 is 0.971 bits per heavy atom. The number of rotatable bonds is 10. The molecule has 4 rings (SSSR count). The Hall–Kier alpha value is -2.82. The van der Waals surface area contributed by atoms with Gasteiger partial charge < -0.3 is 4.74 Å². The number of hydrogen-bond acceptors (Lipinski definition) is 3. The average Bonchev–Trinajstić information content (AvgIpc) is 2.89. The van der Waals surface area contributed by atoms with Gasteiger partial charge in [-0.2, -0.15) is 0 Å². The number of likely N-dealkylation sites (tertiary alicyclic amines) is 1. The largest absolute Gasteiger partial charge is 0.369 e. The Kier molecular flexibility index (Phi) is 8.62. The van der Waals surface area contributed by atoms with Crippen LogP contribution < -0.4 is 0 Å². The maximum absolute atomic E-state index is 13.3. The molecule has 0 N–H and O–H groups in total. The van der Waals surface area contributed by atoms with Gasteiger partial charge in [-0.1, -0.05) is 79.7 Å². The summed E-state index contributed by atoms with van der Waals surface area (Å²) in [6, 6.07) is 27.3. The summed E-state index contributed by atoms with van der Waals surface area (Å²) in [6.07, 6.45) is 2.30. The first-order chi connectivity index (χ1) is 16.6. The number of carbonyl (C=O) groups excluding carboxylic acids is 1. The molecule has 1 saturated heterocycles.